The Balaban J connectivity index is 2.10. The molecule has 37 heavy (non-hydrogen) atoms. The van der Waals surface area contributed by atoms with E-state index in [0.717, 1.165) is 10.5 Å². The molecule has 0 spiro atoms. The quantitative estimate of drug-likeness (QED) is 0.378. The van der Waals surface area contributed by atoms with Gasteiger partial charge in [-0.05, 0) is 47.4 Å². The van der Waals surface area contributed by atoms with Crippen molar-refractivity contribution < 1.29 is 33.7 Å². The van der Waals surface area contributed by atoms with E-state index in [0.29, 0.717) is 22.6 Å². The molecular weight excluding hydrogens is 476 g/mol. The highest BCUT2D eigenvalue weighted by molar-refractivity contribution is 5.82. The molecule has 3 aromatic rings. The summed E-state index contributed by atoms with van der Waals surface area (Å²) < 4.78 is 16.1. The van der Waals surface area contributed by atoms with Crippen molar-refractivity contribution in [3.63, 3.8) is 0 Å². The number of benzene rings is 3. The first kappa shape index (κ1) is 27.1. The fourth-order valence-corrected chi connectivity index (χ4v) is 3.95. The molecule has 9 heteroatoms. The highest BCUT2D eigenvalue weighted by atomic mass is 16.6. The van der Waals surface area contributed by atoms with Crippen LogP contribution in [0.15, 0.2) is 78.9 Å². The molecule has 2 amide bonds. The summed E-state index contributed by atoms with van der Waals surface area (Å²) in [5, 5.41) is 10.2. The molecule has 9 nitrogen and oxygen atoms in total. The van der Waals surface area contributed by atoms with Crippen molar-refractivity contribution in [1.29, 1.82) is 0 Å². The Hall–Kier alpha value is -4.53. The lowest BCUT2D eigenvalue weighted by atomic mass is 9.94. The Morgan fingerprint density at radius 2 is 1.35 bits per heavy atom. The predicted octanol–water partition coefficient (Wildman–Crippen LogP) is 4.15. The molecule has 0 saturated carbocycles. The van der Waals surface area contributed by atoms with E-state index in [1.54, 1.807) is 60.7 Å². The molecule has 0 fully saturated rings. The molecular formula is C28H30N2O7. The van der Waals surface area contributed by atoms with Crippen LogP contribution in [0.2, 0.25) is 0 Å². The van der Waals surface area contributed by atoms with Crippen LogP contribution in [0.25, 0.3) is 0 Å². The molecule has 0 aliphatic carbocycles. The fourth-order valence-electron chi connectivity index (χ4n) is 3.95. The van der Waals surface area contributed by atoms with E-state index in [9.17, 15) is 19.5 Å². The molecule has 3 aromatic carbocycles. The molecule has 3 N–H and O–H groups in total. The number of rotatable bonds is 12. The lowest BCUT2D eigenvalue weighted by molar-refractivity contribution is -0.143. The number of hydrogen-bond donors (Lipinski definition) is 2. The molecule has 0 aromatic heterocycles. The SMILES string of the molecule is COc1ccc(C(c2ccc(OC)cc2)N(C(=O)OCc2ccccc2)[C@@H](CCC(N)=O)C(=O)O)cc1. The van der Waals surface area contributed by atoms with E-state index in [1.165, 1.54) is 14.2 Å². The van der Waals surface area contributed by atoms with Gasteiger partial charge in [-0.2, -0.15) is 0 Å². The van der Waals surface area contributed by atoms with Crippen molar-refractivity contribution >= 4 is 18.0 Å². The third-order valence-electron chi connectivity index (χ3n) is 5.84. The molecule has 0 aliphatic rings. The minimum atomic E-state index is -1.40. The van der Waals surface area contributed by atoms with Crippen LogP contribution in [0.3, 0.4) is 0 Å². The Morgan fingerprint density at radius 1 is 0.838 bits per heavy atom. The number of nitrogens with zero attached hydrogens (tertiary/aromatic N) is 1. The van der Waals surface area contributed by atoms with Crippen molar-refractivity contribution in [3.05, 3.63) is 95.6 Å². The van der Waals surface area contributed by atoms with Crippen molar-refractivity contribution in [3.8, 4) is 11.5 Å². The minimum absolute atomic E-state index is 0.0592. The first-order valence-corrected chi connectivity index (χ1v) is 11.6. The fraction of sp³-hybridized carbons (Fsp3) is 0.250. The molecule has 0 radical (unpaired) electrons. The van der Waals surface area contributed by atoms with Gasteiger partial charge in [0.15, 0.2) is 0 Å². The van der Waals surface area contributed by atoms with Crippen LogP contribution in [-0.2, 0) is 20.9 Å². The summed E-state index contributed by atoms with van der Waals surface area (Å²) in [6.07, 6.45) is -1.26. The van der Waals surface area contributed by atoms with E-state index < -0.39 is 30.1 Å². The maximum absolute atomic E-state index is 13.6. The van der Waals surface area contributed by atoms with Gasteiger partial charge < -0.3 is 25.1 Å². The summed E-state index contributed by atoms with van der Waals surface area (Å²) in [5.74, 6) is -0.767. The van der Waals surface area contributed by atoms with Gasteiger partial charge >= 0.3 is 12.1 Å². The monoisotopic (exact) mass is 506 g/mol. The zero-order chi connectivity index (χ0) is 26.8. The second-order valence-corrected chi connectivity index (χ2v) is 8.26. The summed E-state index contributed by atoms with van der Waals surface area (Å²) in [5.41, 5.74) is 7.30. The van der Waals surface area contributed by atoms with Crippen molar-refractivity contribution in [1.82, 2.24) is 4.90 Å². The molecule has 0 bridgehead atoms. The number of carboxylic acids is 1. The molecule has 0 aliphatic heterocycles. The topological polar surface area (TPSA) is 128 Å². The standard InChI is InChI=1S/C28H30N2O7/c1-35-22-12-8-20(9-13-22)26(21-10-14-23(36-2)15-11-21)30(24(27(32)33)16-17-25(29)31)28(34)37-18-19-6-4-3-5-7-19/h3-15,24,26H,16-18H2,1-2H3,(H2,29,31)(H,32,33)/t24-/m0/s1. The summed E-state index contributed by atoms with van der Waals surface area (Å²) in [6.45, 7) is -0.0592. The van der Waals surface area contributed by atoms with Crippen LogP contribution in [0.1, 0.15) is 35.6 Å². The summed E-state index contributed by atoms with van der Waals surface area (Å²) in [4.78, 5) is 38.8. The van der Waals surface area contributed by atoms with Gasteiger partial charge in [-0.1, -0.05) is 54.6 Å². The van der Waals surface area contributed by atoms with Crippen LogP contribution in [-0.4, -0.2) is 48.2 Å². The van der Waals surface area contributed by atoms with Crippen LogP contribution in [0, 0.1) is 0 Å². The normalized spacial score (nSPS) is 11.4. The van der Waals surface area contributed by atoms with E-state index >= 15 is 0 Å². The average Bonchev–Trinajstić information content (AvgIpc) is 2.92. The second kappa shape index (κ2) is 13.0. The summed E-state index contributed by atoms with van der Waals surface area (Å²) in [7, 11) is 3.07. The highest BCUT2D eigenvalue weighted by Gasteiger charge is 2.38. The third kappa shape index (κ3) is 7.23. The maximum atomic E-state index is 13.6. The van der Waals surface area contributed by atoms with E-state index in [2.05, 4.69) is 0 Å². The number of primary amides is 1. The largest absolute Gasteiger partial charge is 0.497 e. The third-order valence-corrected chi connectivity index (χ3v) is 5.84. The molecule has 0 unspecified atom stereocenters. The van der Waals surface area contributed by atoms with Gasteiger partial charge in [-0.3, -0.25) is 9.69 Å². The number of hydrogen-bond acceptors (Lipinski definition) is 6. The van der Waals surface area contributed by atoms with E-state index in [4.69, 9.17) is 19.9 Å². The van der Waals surface area contributed by atoms with Crippen molar-refractivity contribution in [2.45, 2.75) is 31.5 Å². The number of carboxylic acid groups (broad SMARTS) is 1. The smallest absolute Gasteiger partial charge is 0.411 e. The summed E-state index contributed by atoms with van der Waals surface area (Å²) >= 11 is 0. The van der Waals surface area contributed by atoms with Crippen molar-refractivity contribution in [2.75, 3.05) is 14.2 Å². The minimum Gasteiger partial charge on any atom is -0.497 e. The first-order valence-electron chi connectivity index (χ1n) is 11.6. The number of carbonyl (C=O) groups is 3. The predicted molar refractivity (Wildman–Crippen MR) is 136 cm³/mol. The van der Waals surface area contributed by atoms with Gasteiger partial charge in [0.1, 0.15) is 24.1 Å². The average molecular weight is 507 g/mol. The van der Waals surface area contributed by atoms with Crippen molar-refractivity contribution in [2.24, 2.45) is 5.73 Å². The van der Waals surface area contributed by atoms with Crippen LogP contribution in [0.5, 0.6) is 11.5 Å². The van der Waals surface area contributed by atoms with Crippen LogP contribution < -0.4 is 15.2 Å². The molecule has 0 saturated heterocycles. The lowest BCUT2D eigenvalue weighted by Gasteiger charge is -2.36. The van der Waals surface area contributed by atoms with Gasteiger partial charge in [-0.15, -0.1) is 0 Å². The molecule has 194 valence electrons. The van der Waals surface area contributed by atoms with Gasteiger partial charge in [0.2, 0.25) is 5.91 Å². The Labute approximate surface area is 215 Å². The number of nitrogens with two attached hydrogens (primary N) is 1. The Morgan fingerprint density at radius 3 is 1.78 bits per heavy atom. The number of carbonyl (C=O) groups excluding carboxylic acids is 2. The second-order valence-electron chi connectivity index (χ2n) is 8.26. The zero-order valence-electron chi connectivity index (χ0n) is 20.7. The molecule has 3 rings (SSSR count). The van der Waals surface area contributed by atoms with Gasteiger partial charge in [0, 0.05) is 6.42 Å². The number of aliphatic carboxylic acids is 1. The number of amides is 2. The van der Waals surface area contributed by atoms with Crippen LogP contribution in [0.4, 0.5) is 4.79 Å². The molecule has 1 atom stereocenters. The van der Waals surface area contributed by atoms with Gasteiger partial charge in [0.05, 0.1) is 20.3 Å². The highest BCUT2D eigenvalue weighted by Crippen LogP contribution is 2.34. The van der Waals surface area contributed by atoms with Gasteiger partial charge in [-0.25, -0.2) is 9.59 Å². The number of ether oxygens (including phenoxy) is 3. The lowest BCUT2D eigenvalue weighted by Crippen LogP contribution is -2.48. The van der Waals surface area contributed by atoms with E-state index in [-0.39, 0.29) is 19.4 Å². The Bertz CT molecular complexity index is 1130. The maximum Gasteiger partial charge on any atom is 0.411 e. The first-order chi connectivity index (χ1) is 17.8. The Kier molecular flexibility index (Phi) is 9.48. The van der Waals surface area contributed by atoms with Crippen LogP contribution >= 0.6 is 0 Å². The molecule has 0 heterocycles. The summed E-state index contributed by atoms with van der Waals surface area (Å²) in [6, 6.07) is 20.7. The zero-order valence-corrected chi connectivity index (χ0v) is 20.7. The number of methoxy groups -OCH3 is 2. The van der Waals surface area contributed by atoms with Gasteiger partial charge in [0.25, 0.3) is 0 Å². The van der Waals surface area contributed by atoms with E-state index in [1.807, 2.05) is 18.2 Å².